The fourth-order valence-corrected chi connectivity index (χ4v) is 7.11. The maximum Gasteiger partial charge on any atom is 0.334 e. The molecule has 2 aliphatic rings. The average Bonchev–Trinajstić information content (AvgIpc) is 3.40. The number of nitrogens with one attached hydrogen (secondary N) is 1. The summed E-state index contributed by atoms with van der Waals surface area (Å²) < 4.78 is 1.13. The monoisotopic (exact) mass is 617 g/mol. The Morgan fingerprint density at radius 2 is 1.72 bits per heavy atom. The molecule has 0 aliphatic carbocycles. The van der Waals surface area contributed by atoms with Gasteiger partial charge in [0.2, 0.25) is 11.8 Å². The summed E-state index contributed by atoms with van der Waals surface area (Å²) in [5.74, 6) is -0.277. The zero-order valence-corrected chi connectivity index (χ0v) is 25.4. The molecule has 0 saturated carbocycles. The summed E-state index contributed by atoms with van der Waals surface area (Å²) >= 11 is 7.65. The summed E-state index contributed by atoms with van der Waals surface area (Å²) in [5, 5.41) is 19.8. The van der Waals surface area contributed by atoms with E-state index in [1.165, 1.54) is 0 Å². The van der Waals surface area contributed by atoms with Crippen molar-refractivity contribution < 1.29 is 19.5 Å². The molecule has 11 heteroatoms. The molecular weight excluding hydrogens is 586 g/mol. The maximum atomic E-state index is 14.3. The van der Waals surface area contributed by atoms with Gasteiger partial charge in [-0.25, -0.2) is 14.8 Å². The molecule has 0 unspecified atom stereocenters. The van der Waals surface area contributed by atoms with Gasteiger partial charge in [0.1, 0.15) is 18.0 Å². The summed E-state index contributed by atoms with van der Waals surface area (Å²) in [5.41, 5.74) is 2.70. The van der Waals surface area contributed by atoms with Crippen molar-refractivity contribution >= 4 is 50.9 Å². The number of phenols is 1. The van der Waals surface area contributed by atoms with Gasteiger partial charge >= 0.3 is 6.03 Å². The van der Waals surface area contributed by atoms with Gasteiger partial charge in [-0.3, -0.25) is 9.59 Å². The van der Waals surface area contributed by atoms with Gasteiger partial charge in [-0.05, 0) is 64.7 Å². The lowest BCUT2D eigenvalue weighted by molar-refractivity contribution is -0.196. The van der Waals surface area contributed by atoms with Crippen LogP contribution in [-0.4, -0.2) is 74.6 Å². The molecule has 2 fully saturated rings. The minimum atomic E-state index is -0.830. The molecule has 43 heavy (non-hydrogen) atoms. The third-order valence-electron chi connectivity index (χ3n) is 8.21. The van der Waals surface area contributed by atoms with E-state index in [1.807, 2.05) is 31.2 Å². The van der Waals surface area contributed by atoms with Crippen molar-refractivity contribution in [1.29, 1.82) is 0 Å². The molecule has 3 aromatic carbocycles. The Morgan fingerprint density at radius 1 is 1.02 bits per heavy atom. The van der Waals surface area contributed by atoms with Crippen molar-refractivity contribution in [3.8, 4) is 5.75 Å². The van der Waals surface area contributed by atoms with Gasteiger partial charge < -0.3 is 20.2 Å². The number of halogens is 1. The number of hydrogen-bond donors (Lipinski definition) is 2. The number of fused-ring (bicyclic) bond motifs is 2. The number of amides is 4. The summed E-state index contributed by atoms with van der Waals surface area (Å²) in [6.07, 6.45) is -0.486. The number of carbonyl (C=O) groups excluding carboxylic acids is 3. The summed E-state index contributed by atoms with van der Waals surface area (Å²) in [6.45, 7) is 2.47. The van der Waals surface area contributed by atoms with E-state index in [-0.39, 0.29) is 43.1 Å². The standard InChI is InChI=1S/C32H32ClN5O4S/c1-20-30-37(29(40)18-35(2)38(30)32(42)34-16-22-7-11-24(33)12-8-22)27(15-21-9-13-25(39)14-10-21)31(41)36(20)17-23-19-43-28-6-4-3-5-26(23)28/h3-14,19-20,27,30,39H,15-18H2,1-2H3,(H,34,42)/t20-,27-,30-/m0/s1. The van der Waals surface area contributed by atoms with Crippen LogP contribution >= 0.6 is 22.9 Å². The predicted molar refractivity (Wildman–Crippen MR) is 166 cm³/mol. The number of nitrogens with zero attached hydrogens (tertiary/aromatic N) is 4. The van der Waals surface area contributed by atoms with Crippen LogP contribution in [0.5, 0.6) is 5.75 Å². The molecule has 6 rings (SSSR count). The Bertz CT molecular complexity index is 1660. The Hall–Kier alpha value is -4.12. The molecule has 0 spiro atoms. The van der Waals surface area contributed by atoms with E-state index < -0.39 is 18.2 Å². The van der Waals surface area contributed by atoms with Crippen LogP contribution in [0.15, 0.2) is 78.2 Å². The second-order valence-electron chi connectivity index (χ2n) is 11.0. The Balaban J connectivity index is 1.35. The van der Waals surface area contributed by atoms with Crippen molar-refractivity contribution in [2.75, 3.05) is 13.6 Å². The summed E-state index contributed by atoms with van der Waals surface area (Å²) in [7, 11) is 1.71. The number of hydrogen-bond acceptors (Lipinski definition) is 6. The lowest BCUT2D eigenvalue weighted by Gasteiger charge is -2.57. The predicted octanol–water partition coefficient (Wildman–Crippen LogP) is 4.83. The van der Waals surface area contributed by atoms with Crippen LogP contribution in [0.4, 0.5) is 4.79 Å². The van der Waals surface area contributed by atoms with Crippen molar-refractivity contribution in [3.63, 3.8) is 0 Å². The first-order valence-corrected chi connectivity index (χ1v) is 15.3. The number of carbonyl (C=O) groups is 3. The normalized spacial score (nSPS) is 20.9. The second-order valence-corrected chi connectivity index (χ2v) is 12.4. The van der Waals surface area contributed by atoms with E-state index in [1.54, 1.807) is 74.6 Å². The van der Waals surface area contributed by atoms with Gasteiger partial charge in [0.05, 0.1) is 12.6 Å². The molecule has 9 nitrogen and oxygen atoms in total. The topological polar surface area (TPSA) is 96.4 Å². The van der Waals surface area contributed by atoms with E-state index in [2.05, 4.69) is 22.8 Å². The van der Waals surface area contributed by atoms with Crippen LogP contribution in [0.2, 0.25) is 5.02 Å². The number of urea groups is 1. The van der Waals surface area contributed by atoms with Crippen LogP contribution in [0.1, 0.15) is 23.6 Å². The number of phenolic OH excluding ortho intramolecular Hbond substituents is 1. The molecule has 222 valence electrons. The highest BCUT2D eigenvalue weighted by atomic mass is 35.5. The molecule has 4 aromatic rings. The van der Waals surface area contributed by atoms with Gasteiger partial charge in [0.25, 0.3) is 0 Å². The second kappa shape index (κ2) is 11.9. The number of rotatable bonds is 6. The van der Waals surface area contributed by atoms with Crippen LogP contribution in [0.3, 0.4) is 0 Å². The van der Waals surface area contributed by atoms with Crippen molar-refractivity contribution in [2.45, 2.75) is 44.7 Å². The van der Waals surface area contributed by atoms with Gasteiger partial charge in [-0.2, -0.15) is 0 Å². The molecule has 4 amide bonds. The average molecular weight is 618 g/mol. The number of benzene rings is 3. The minimum absolute atomic E-state index is 0.0495. The van der Waals surface area contributed by atoms with Crippen molar-refractivity contribution in [1.82, 2.24) is 25.1 Å². The molecule has 0 bridgehead atoms. The fraction of sp³-hybridized carbons (Fsp3) is 0.281. The molecule has 2 N–H and O–H groups in total. The number of aromatic hydroxyl groups is 1. The molecule has 3 atom stereocenters. The maximum absolute atomic E-state index is 14.3. The van der Waals surface area contributed by atoms with Gasteiger partial charge in [0.15, 0.2) is 0 Å². The van der Waals surface area contributed by atoms with Crippen molar-refractivity contribution in [2.24, 2.45) is 0 Å². The van der Waals surface area contributed by atoms with Crippen LogP contribution in [-0.2, 0) is 29.1 Å². The van der Waals surface area contributed by atoms with Crippen molar-refractivity contribution in [3.05, 3.63) is 99.9 Å². The summed E-state index contributed by atoms with van der Waals surface area (Å²) in [6, 6.07) is 20.3. The third kappa shape index (κ3) is 5.65. The zero-order chi connectivity index (χ0) is 30.2. The minimum Gasteiger partial charge on any atom is -0.508 e. The van der Waals surface area contributed by atoms with Crippen LogP contribution in [0.25, 0.3) is 10.1 Å². The largest absolute Gasteiger partial charge is 0.508 e. The third-order valence-corrected chi connectivity index (χ3v) is 9.48. The number of likely N-dealkylation sites (N-methyl/N-ethyl adjacent to an activating group) is 1. The number of hydrazine groups is 1. The Labute approximate surface area is 258 Å². The van der Waals surface area contributed by atoms with E-state index >= 15 is 0 Å². The zero-order valence-electron chi connectivity index (χ0n) is 23.8. The first-order valence-electron chi connectivity index (χ1n) is 14.1. The molecule has 3 heterocycles. The van der Waals surface area contributed by atoms with Gasteiger partial charge in [0, 0.05) is 36.3 Å². The highest BCUT2D eigenvalue weighted by Gasteiger charge is 2.54. The Kier molecular flexibility index (Phi) is 8.00. The molecule has 0 radical (unpaired) electrons. The van der Waals surface area contributed by atoms with E-state index in [9.17, 15) is 19.5 Å². The quantitative estimate of drug-likeness (QED) is 0.323. The number of piperazine rings is 1. The van der Waals surface area contributed by atoms with E-state index in [4.69, 9.17) is 11.6 Å². The lowest BCUT2D eigenvalue weighted by Crippen LogP contribution is -2.78. The van der Waals surface area contributed by atoms with Gasteiger partial charge in [-0.1, -0.05) is 54.1 Å². The first kappa shape index (κ1) is 29.0. The van der Waals surface area contributed by atoms with E-state index in [0.717, 1.165) is 26.8 Å². The van der Waals surface area contributed by atoms with Crippen LogP contribution < -0.4 is 5.32 Å². The SMILES string of the molecule is C[C@H]1[C@H]2N(C(=O)CN(C)N2C(=O)NCc2ccc(Cl)cc2)[C@@H](Cc2ccc(O)cc2)C(=O)N1Cc1csc2ccccc12. The fourth-order valence-electron chi connectivity index (χ4n) is 6.03. The Morgan fingerprint density at radius 3 is 2.47 bits per heavy atom. The number of thiophene rings is 1. The van der Waals surface area contributed by atoms with Gasteiger partial charge in [-0.15, -0.1) is 11.3 Å². The highest BCUT2D eigenvalue weighted by molar-refractivity contribution is 7.17. The molecule has 1 aromatic heterocycles. The smallest absolute Gasteiger partial charge is 0.334 e. The van der Waals surface area contributed by atoms with E-state index in [0.29, 0.717) is 11.6 Å². The molecular formula is C32H32ClN5O4S. The highest BCUT2D eigenvalue weighted by Crippen LogP contribution is 2.35. The summed E-state index contributed by atoms with van der Waals surface area (Å²) in [4.78, 5) is 45.2. The first-order chi connectivity index (χ1) is 20.7. The van der Waals surface area contributed by atoms with Crippen LogP contribution in [0, 0.1) is 0 Å². The molecule has 2 aliphatic heterocycles. The lowest BCUT2D eigenvalue weighted by atomic mass is 9.95. The molecule has 2 saturated heterocycles.